The summed E-state index contributed by atoms with van der Waals surface area (Å²) in [6, 6.07) is 10.3. The van der Waals surface area contributed by atoms with Crippen LogP contribution in [0.3, 0.4) is 0 Å². The molecule has 0 aromatic heterocycles. The van der Waals surface area contributed by atoms with E-state index in [-0.39, 0.29) is 5.91 Å². The fourth-order valence-electron chi connectivity index (χ4n) is 2.12. The molecule has 0 bridgehead atoms. The molecule has 0 aliphatic heterocycles. The molecule has 0 aliphatic carbocycles. The first-order valence-corrected chi connectivity index (χ1v) is 7.29. The zero-order chi connectivity index (χ0) is 13.9. The number of hydrogen-bond acceptors (Lipinski definition) is 2. The zero-order valence-electron chi connectivity index (χ0n) is 12.0. The standard InChI is InChI=1S/C16H26N2O/c1-2-18(16(19)11-7-4-8-13-17)14-12-15-9-5-3-6-10-15/h3,5-6,9-10H,2,4,7-8,11-14,17H2,1H3. The van der Waals surface area contributed by atoms with Crippen molar-refractivity contribution in [3.8, 4) is 0 Å². The van der Waals surface area contributed by atoms with E-state index in [9.17, 15) is 4.79 Å². The van der Waals surface area contributed by atoms with Crippen molar-refractivity contribution in [1.29, 1.82) is 0 Å². The van der Waals surface area contributed by atoms with Crippen LogP contribution in [0.1, 0.15) is 38.2 Å². The van der Waals surface area contributed by atoms with Crippen LogP contribution in [0.5, 0.6) is 0 Å². The van der Waals surface area contributed by atoms with E-state index in [1.54, 1.807) is 0 Å². The Bertz CT molecular complexity index is 351. The van der Waals surface area contributed by atoms with Crippen LogP contribution in [0.4, 0.5) is 0 Å². The Balaban J connectivity index is 2.30. The third kappa shape index (κ3) is 6.39. The van der Waals surface area contributed by atoms with Gasteiger partial charge in [0.2, 0.25) is 5.91 Å². The molecule has 0 saturated heterocycles. The van der Waals surface area contributed by atoms with Gasteiger partial charge in [-0.05, 0) is 38.3 Å². The van der Waals surface area contributed by atoms with Gasteiger partial charge in [0, 0.05) is 19.5 Å². The molecule has 0 saturated carbocycles. The Morgan fingerprint density at radius 3 is 2.53 bits per heavy atom. The summed E-state index contributed by atoms with van der Waals surface area (Å²) in [4.78, 5) is 14.0. The van der Waals surface area contributed by atoms with Crippen molar-refractivity contribution in [1.82, 2.24) is 4.90 Å². The summed E-state index contributed by atoms with van der Waals surface area (Å²) < 4.78 is 0. The number of amides is 1. The van der Waals surface area contributed by atoms with Gasteiger partial charge in [-0.1, -0.05) is 36.8 Å². The summed E-state index contributed by atoms with van der Waals surface area (Å²) in [6.07, 6.45) is 4.62. The molecule has 106 valence electrons. The van der Waals surface area contributed by atoms with E-state index in [0.29, 0.717) is 6.42 Å². The molecule has 3 nitrogen and oxygen atoms in total. The number of hydrogen-bond donors (Lipinski definition) is 1. The molecule has 0 atom stereocenters. The second kappa shape index (κ2) is 9.56. The first-order valence-electron chi connectivity index (χ1n) is 7.29. The molecule has 2 N–H and O–H groups in total. The molecule has 0 radical (unpaired) electrons. The lowest BCUT2D eigenvalue weighted by Gasteiger charge is -2.21. The van der Waals surface area contributed by atoms with Crippen LogP contribution >= 0.6 is 0 Å². The van der Waals surface area contributed by atoms with Crippen LogP contribution in [-0.2, 0) is 11.2 Å². The average molecular weight is 262 g/mol. The number of carbonyl (C=O) groups excluding carboxylic acids is 1. The van der Waals surface area contributed by atoms with Gasteiger partial charge in [-0.25, -0.2) is 0 Å². The van der Waals surface area contributed by atoms with E-state index in [1.165, 1.54) is 5.56 Å². The second-order valence-corrected chi connectivity index (χ2v) is 4.81. The van der Waals surface area contributed by atoms with Gasteiger partial charge in [-0.2, -0.15) is 0 Å². The van der Waals surface area contributed by atoms with Crippen LogP contribution in [0, 0.1) is 0 Å². The molecule has 0 aliphatic rings. The molecule has 1 rings (SSSR count). The Kier molecular flexibility index (Phi) is 7.91. The van der Waals surface area contributed by atoms with Crippen molar-refractivity contribution < 1.29 is 4.79 Å². The monoisotopic (exact) mass is 262 g/mol. The third-order valence-corrected chi connectivity index (χ3v) is 3.34. The molecular formula is C16H26N2O. The largest absolute Gasteiger partial charge is 0.343 e. The minimum atomic E-state index is 0.274. The van der Waals surface area contributed by atoms with Gasteiger partial charge in [-0.15, -0.1) is 0 Å². The highest BCUT2D eigenvalue weighted by atomic mass is 16.2. The summed E-state index contributed by atoms with van der Waals surface area (Å²) in [6.45, 7) is 4.38. The van der Waals surface area contributed by atoms with Crippen molar-refractivity contribution in [2.75, 3.05) is 19.6 Å². The topological polar surface area (TPSA) is 46.3 Å². The van der Waals surface area contributed by atoms with Crippen molar-refractivity contribution in [3.05, 3.63) is 35.9 Å². The number of nitrogens with zero attached hydrogens (tertiary/aromatic N) is 1. The summed E-state index contributed by atoms with van der Waals surface area (Å²) in [5.74, 6) is 0.274. The molecule has 0 fully saturated rings. The number of carbonyl (C=O) groups is 1. The summed E-state index contributed by atoms with van der Waals surface area (Å²) >= 11 is 0. The van der Waals surface area contributed by atoms with Gasteiger partial charge in [0.05, 0.1) is 0 Å². The Morgan fingerprint density at radius 2 is 1.89 bits per heavy atom. The molecule has 1 amide bonds. The maximum atomic E-state index is 12.1. The van der Waals surface area contributed by atoms with E-state index >= 15 is 0 Å². The third-order valence-electron chi connectivity index (χ3n) is 3.34. The normalized spacial score (nSPS) is 10.4. The number of rotatable bonds is 9. The fourth-order valence-corrected chi connectivity index (χ4v) is 2.12. The lowest BCUT2D eigenvalue weighted by atomic mass is 10.1. The number of likely N-dealkylation sites (N-methyl/N-ethyl adjacent to an activating group) is 1. The maximum Gasteiger partial charge on any atom is 0.222 e. The second-order valence-electron chi connectivity index (χ2n) is 4.81. The Hall–Kier alpha value is -1.35. The van der Waals surface area contributed by atoms with E-state index in [0.717, 1.165) is 45.3 Å². The predicted octanol–water partition coefficient (Wildman–Crippen LogP) is 2.60. The van der Waals surface area contributed by atoms with Gasteiger partial charge in [0.1, 0.15) is 0 Å². The van der Waals surface area contributed by atoms with Crippen LogP contribution in [-0.4, -0.2) is 30.4 Å². The lowest BCUT2D eigenvalue weighted by molar-refractivity contribution is -0.131. The quantitative estimate of drug-likeness (QED) is 0.695. The lowest BCUT2D eigenvalue weighted by Crippen LogP contribution is -2.32. The van der Waals surface area contributed by atoms with Crippen molar-refractivity contribution in [2.24, 2.45) is 5.73 Å². The molecule has 3 heteroatoms. The Labute approximate surface area is 116 Å². The van der Waals surface area contributed by atoms with Gasteiger partial charge >= 0.3 is 0 Å². The van der Waals surface area contributed by atoms with Crippen molar-refractivity contribution in [3.63, 3.8) is 0 Å². The van der Waals surface area contributed by atoms with Gasteiger partial charge in [0.15, 0.2) is 0 Å². The smallest absolute Gasteiger partial charge is 0.222 e. The van der Waals surface area contributed by atoms with Crippen LogP contribution in [0.2, 0.25) is 0 Å². The van der Waals surface area contributed by atoms with Crippen molar-refractivity contribution in [2.45, 2.75) is 39.0 Å². The number of unbranched alkanes of at least 4 members (excludes halogenated alkanes) is 2. The van der Waals surface area contributed by atoms with Gasteiger partial charge < -0.3 is 10.6 Å². The zero-order valence-corrected chi connectivity index (χ0v) is 12.0. The molecule has 0 heterocycles. The van der Waals surface area contributed by atoms with E-state index < -0.39 is 0 Å². The molecule has 0 unspecified atom stereocenters. The summed E-state index contributed by atoms with van der Waals surface area (Å²) in [7, 11) is 0. The van der Waals surface area contributed by atoms with Crippen LogP contribution in [0.25, 0.3) is 0 Å². The van der Waals surface area contributed by atoms with Gasteiger partial charge in [0.25, 0.3) is 0 Å². The highest BCUT2D eigenvalue weighted by Crippen LogP contribution is 2.06. The van der Waals surface area contributed by atoms with Gasteiger partial charge in [-0.3, -0.25) is 4.79 Å². The Morgan fingerprint density at radius 1 is 1.16 bits per heavy atom. The average Bonchev–Trinajstić information content (AvgIpc) is 2.45. The first kappa shape index (κ1) is 15.7. The van der Waals surface area contributed by atoms with E-state index in [1.807, 2.05) is 30.0 Å². The highest BCUT2D eigenvalue weighted by Gasteiger charge is 2.10. The minimum absolute atomic E-state index is 0.274. The minimum Gasteiger partial charge on any atom is -0.343 e. The highest BCUT2D eigenvalue weighted by molar-refractivity contribution is 5.76. The first-order chi connectivity index (χ1) is 9.27. The maximum absolute atomic E-state index is 12.1. The van der Waals surface area contributed by atoms with Crippen LogP contribution < -0.4 is 5.73 Å². The summed E-state index contributed by atoms with van der Waals surface area (Å²) in [5.41, 5.74) is 6.74. The predicted molar refractivity (Wildman–Crippen MR) is 79.9 cm³/mol. The molecule has 1 aromatic rings. The fraction of sp³-hybridized carbons (Fsp3) is 0.562. The van der Waals surface area contributed by atoms with Crippen molar-refractivity contribution >= 4 is 5.91 Å². The molecule has 19 heavy (non-hydrogen) atoms. The molecule has 1 aromatic carbocycles. The van der Waals surface area contributed by atoms with Crippen LogP contribution in [0.15, 0.2) is 30.3 Å². The summed E-state index contributed by atoms with van der Waals surface area (Å²) in [5, 5.41) is 0. The SMILES string of the molecule is CCN(CCc1ccccc1)C(=O)CCCCCN. The van der Waals surface area contributed by atoms with E-state index in [4.69, 9.17) is 5.73 Å². The number of nitrogens with two attached hydrogens (primary N) is 1. The number of benzene rings is 1. The van der Waals surface area contributed by atoms with E-state index in [2.05, 4.69) is 12.1 Å². The molecular weight excluding hydrogens is 236 g/mol. The molecule has 0 spiro atoms.